The SMILES string of the molecule is CCN(C(=O)C(CO)NC(=O)OC(C)(C)C)C(C(=O)NC(Cc1ccccc1)C(=O)OC(C)(C)C)c1c(C)cccc1C. The van der Waals surface area contributed by atoms with Crippen LogP contribution in [0.15, 0.2) is 48.5 Å². The summed E-state index contributed by atoms with van der Waals surface area (Å²) in [5, 5.41) is 15.4. The Morgan fingerprint density at radius 1 is 0.814 bits per heavy atom. The van der Waals surface area contributed by atoms with Gasteiger partial charge in [0.05, 0.1) is 6.61 Å². The number of nitrogens with one attached hydrogen (secondary N) is 2. The number of amides is 3. The van der Waals surface area contributed by atoms with Crippen molar-refractivity contribution < 1.29 is 33.8 Å². The molecule has 236 valence electrons. The molecule has 43 heavy (non-hydrogen) atoms. The third kappa shape index (κ3) is 10.7. The second kappa shape index (κ2) is 15.0. The summed E-state index contributed by atoms with van der Waals surface area (Å²) in [5.74, 6) is -1.90. The molecule has 0 saturated heterocycles. The molecular weight excluding hydrogens is 550 g/mol. The Morgan fingerprint density at radius 3 is 1.86 bits per heavy atom. The normalized spacial score (nSPS) is 13.7. The van der Waals surface area contributed by atoms with Crippen molar-refractivity contribution in [3.63, 3.8) is 0 Å². The third-order valence-corrected chi connectivity index (χ3v) is 6.46. The molecule has 0 aromatic heterocycles. The predicted molar refractivity (Wildman–Crippen MR) is 164 cm³/mol. The van der Waals surface area contributed by atoms with Gasteiger partial charge < -0.3 is 30.1 Å². The van der Waals surface area contributed by atoms with Crippen LogP contribution in [-0.4, -0.2) is 70.3 Å². The second-order valence-corrected chi connectivity index (χ2v) is 12.5. The van der Waals surface area contributed by atoms with E-state index in [4.69, 9.17) is 9.47 Å². The first kappa shape index (κ1) is 35.3. The van der Waals surface area contributed by atoms with Gasteiger partial charge in [0.2, 0.25) is 11.8 Å². The molecule has 3 amide bonds. The highest BCUT2D eigenvalue weighted by Crippen LogP contribution is 2.29. The summed E-state index contributed by atoms with van der Waals surface area (Å²) in [5.41, 5.74) is 1.27. The molecule has 2 aromatic carbocycles. The minimum absolute atomic E-state index is 0.0625. The molecule has 0 fully saturated rings. The lowest BCUT2D eigenvalue weighted by molar-refractivity contribution is -0.159. The zero-order valence-electron chi connectivity index (χ0n) is 26.8. The van der Waals surface area contributed by atoms with Gasteiger partial charge in [0.25, 0.3) is 0 Å². The van der Waals surface area contributed by atoms with Crippen molar-refractivity contribution in [2.45, 2.75) is 98.1 Å². The molecule has 3 unspecified atom stereocenters. The van der Waals surface area contributed by atoms with Gasteiger partial charge in [-0.15, -0.1) is 0 Å². The molecule has 0 spiro atoms. The van der Waals surface area contributed by atoms with Crippen LogP contribution < -0.4 is 10.6 Å². The number of aryl methyl sites for hydroxylation is 2. The number of rotatable bonds is 11. The van der Waals surface area contributed by atoms with E-state index in [1.807, 2.05) is 62.4 Å². The monoisotopic (exact) mass is 597 g/mol. The lowest BCUT2D eigenvalue weighted by Gasteiger charge is -2.35. The number of carbonyl (C=O) groups excluding carboxylic acids is 4. The fourth-order valence-corrected chi connectivity index (χ4v) is 4.65. The summed E-state index contributed by atoms with van der Waals surface area (Å²) in [6, 6.07) is 11.1. The Balaban J connectivity index is 2.55. The lowest BCUT2D eigenvalue weighted by atomic mass is 9.93. The van der Waals surface area contributed by atoms with Crippen LogP contribution in [0.4, 0.5) is 4.79 Å². The fraction of sp³-hybridized carbons (Fsp3) is 0.515. The van der Waals surface area contributed by atoms with E-state index >= 15 is 0 Å². The van der Waals surface area contributed by atoms with E-state index in [2.05, 4.69) is 10.6 Å². The average molecular weight is 598 g/mol. The maximum atomic E-state index is 14.3. The molecule has 0 saturated carbocycles. The van der Waals surface area contributed by atoms with Crippen molar-refractivity contribution in [1.29, 1.82) is 0 Å². The van der Waals surface area contributed by atoms with Gasteiger partial charge in [0.15, 0.2) is 0 Å². The van der Waals surface area contributed by atoms with E-state index in [1.54, 1.807) is 48.5 Å². The number of aliphatic hydroxyl groups excluding tert-OH is 1. The zero-order chi connectivity index (χ0) is 32.5. The predicted octanol–water partition coefficient (Wildman–Crippen LogP) is 4.15. The number of benzene rings is 2. The number of ether oxygens (including phenoxy) is 2. The van der Waals surface area contributed by atoms with Crippen LogP contribution in [0.1, 0.15) is 76.8 Å². The Labute approximate surface area is 255 Å². The Kier molecular flexibility index (Phi) is 12.3. The van der Waals surface area contributed by atoms with E-state index in [1.165, 1.54) is 4.90 Å². The van der Waals surface area contributed by atoms with Crippen molar-refractivity contribution in [3.05, 3.63) is 70.8 Å². The van der Waals surface area contributed by atoms with E-state index in [0.29, 0.717) is 5.56 Å². The summed E-state index contributed by atoms with van der Waals surface area (Å²) in [6.45, 7) is 15.0. The number of alkyl carbamates (subject to hydrolysis) is 1. The summed E-state index contributed by atoms with van der Waals surface area (Å²) >= 11 is 0. The number of aliphatic hydroxyl groups is 1. The van der Waals surface area contributed by atoms with Crippen LogP contribution in [-0.2, 0) is 30.3 Å². The molecule has 0 aliphatic rings. The highest BCUT2D eigenvalue weighted by molar-refractivity contribution is 5.94. The molecule has 0 heterocycles. The van der Waals surface area contributed by atoms with E-state index in [9.17, 15) is 24.3 Å². The van der Waals surface area contributed by atoms with Gasteiger partial charge in [-0.25, -0.2) is 9.59 Å². The Bertz CT molecular complexity index is 1250. The van der Waals surface area contributed by atoms with Crippen LogP contribution >= 0.6 is 0 Å². The highest BCUT2D eigenvalue weighted by atomic mass is 16.6. The first-order valence-electron chi connectivity index (χ1n) is 14.5. The smallest absolute Gasteiger partial charge is 0.408 e. The summed E-state index contributed by atoms with van der Waals surface area (Å²) in [4.78, 5) is 55.2. The summed E-state index contributed by atoms with van der Waals surface area (Å²) in [6.07, 6.45) is -0.711. The quantitative estimate of drug-likeness (QED) is 0.331. The number of hydrogen-bond acceptors (Lipinski definition) is 7. The summed E-state index contributed by atoms with van der Waals surface area (Å²) in [7, 11) is 0. The van der Waals surface area contributed by atoms with Crippen LogP contribution in [0.3, 0.4) is 0 Å². The van der Waals surface area contributed by atoms with Crippen molar-refractivity contribution in [1.82, 2.24) is 15.5 Å². The maximum absolute atomic E-state index is 14.3. The maximum Gasteiger partial charge on any atom is 0.408 e. The Hall–Kier alpha value is -3.92. The van der Waals surface area contributed by atoms with Crippen molar-refractivity contribution in [2.75, 3.05) is 13.2 Å². The molecule has 0 bridgehead atoms. The minimum Gasteiger partial charge on any atom is -0.458 e. The lowest BCUT2D eigenvalue weighted by Crippen LogP contribution is -2.56. The Morgan fingerprint density at radius 2 is 1.37 bits per heavy atom. The molecule has 3 N–H and O–H groups in total. The van der Waals surface area contributed by atoms with Crippen molar-refractivity contribution in [3.8, 4) is 0 Å². The van der Waals surface area contributed by atoms with Gasteiger partial charge >= 0.3 is 12.1 Å². The largest absolute Gasteiger partial charge is 0.458 e. The molecule has 10 heteroatoms. The number of carbonyl (C=O) groups is 4. The first-order chi connectivity index (χ1) is 20.0. The zero-order valence-corrected chi connectivity index (χ0v) is 26.8. The molecule has 0 radical (unpaired) electrons. The van der Waals surface area contributed by atoms with E-state index in [-0.39, 0.29) is 13.0 Å². The van der Waals surface area contributed by atoms with Gasteiger partial charge in [0, 0.05) is 13.0 Å². The molecule has 3 atom stereocenters. The number of nitrogens with zero attached hydrogens (tertiary/aromatic N) is 1. The van der Waals surface area contributed by atoms with E-state index < -0.39 is 59.8 Å². The topological polar surface area (TPSA) is 134 Å². The van der Waals surface area contributed by atoms with Crippen LogP contribution in [0.2, 0.25) is 0 Å². The number of esters is 1. The molecule has 2 aromatic rings. The molecule has 10 nitrogen and oxygen atoms in total. The number of likely N-dealkylation sites (N-methyl/N-ethyl adjacent to an activating group) is 1. The van der Waals surface area contributed by atoms with Crippen LogP contribution in [0, 0.1) is 13.8 Å². The second-order valence-electron chi connectivity index (χ2n) is 12.5. The molecule has 0 aliphatic heterocycles. The molecule has 0 aliphatic carbocycles. The highest BCUT2D eigenvalue weighted by Gasteiger charge is 2.38. The first-order valence-corrected chi connectivity index (χ1v) is 14.5. The van der Waals surface area contributed by atoms with Crippen LogP contribution in [0.5, 0.6) is 0 Å². The van der Waals surface area contributed by atoms with Gasteiger partial charge in [0.1, 0.15) is 29.3 Å². The van der Waals surface area contributed by atoms with E-state index in [0.717, 1.165) is 16.7 Å². The summed E-state index contributed by atoms with van der Waals surface area (Å²) < 4.78 is 10.9. The van der Waals surface area contributed by atoms with Crippen molar-refractivity contribution in [2.24, 2.45) is 0 Å². The van der Waals surface area contributed by atoms with Crippen molar-refractivity contribution >= 4 is 23.9 Å². The molecule has 2 rings (SSSR count). The third-order valence-electron chi connectivity index (χ3n) is 6.46. The standard InChI is InChI=1S/C33H47N3O7/c1-10-36(29(39)25(20-37)35-31(41)43-33(7,8)9)27(26-21(2)15-14-16-22(26)3)28(38)34-24(30(40)42-32(4,5)6)19-23-17-12-11-13-18-23/h11-18,24-25,27,37H,10,19-20H2,1-9H3,(H,34,38)(H,35,41). The van der Waals surface area contributed by atoms with Gasteiger partial charge in [-0.05, 0) is 84.6 Å². The van der Waals surface area contributed by atoms with Gasteiger partial charge in [-0.3, -0.25) is 9.59 Å². The van der Waals surface area contributed by atoms with Gasteiger partial charge in [-0.2, -0.15) is 0 Å². The van der Waals surface area contributed by atoms with Gasteiger partial charge in [-0.1, -0.05) is 48.5 Å². The fourth-order valence-electron chi connectivity index (χ4n) is 4.65. The molecular formula is C33H47N3O7. The minimum atomic E-state index is -1.37. The van der Waals surface area contributed by atoms with Crippen LogP contribution in [0.25, 0.3) is 0 Å². The average Bonchev–Trinajstić information content (AvgIpc) is 2.89. The number of hydrogen-bond donors (Lipinski definition) is 3.